The van der Waals surface area contributed by atoms with Gasteiger partial charge in [0, 0.05) is 23.9 Å². The van der Waals surface area contributed by atoms with Crippen LogP contribution in [-0.4, -0.2) is 52.1 Å². The Morgan fingerprint density at radius 1 is 1.12 bits per heavy atom. The highest BCUT2D eigenvalue weighted by Crippen LogP contribution is 2.47. The summed E-state index contributed by atoms with van der Waals surface area (Å²) in [4.78, 5) is 0. The van der Waals surface area contributed by atoms with Crippen molar-refractivity contribution < 1.29 is 22.6 Å². The fraction of sp³-hybridized carbons (Fsp3) is 0.625. The molecule has 6 nitrogen and oxygen atoms in total. The highest BCUT2D eigenvalue weighted by Gasteiger charge is 2.37. The smallest absolute Gasteiger partial charge is 0.215 e. The first-order valence-corrected chi connectivity index (χ1v) is 10.5. The topological polar surface area (TPSA) is 65.1 Å². The second-order valence-electron chi connectivity index (χ2n) is 5.45. The van der Waals surface area contributed by atoms with Crippen LogP contribution in [0.15, 0.2) is 12.1 Å². The third-order valence-electron chi connectivity index (χ3n) is 3.96. The molecular formula is C16H25NO5S2. The van der Waals surface area contributed by atoms with Crippen LogP contribution in [0, 0.1) is 0 Å². The second kappa shape index (κ2) is 8.31. The van der Waals surface area contributed by atoms with Crippen molar-refractivity contribution in [2.45, 2.75) is 25.1 Å². The van der Waals surface area contributed by atoms with E-state index in [4.69, 9.17) is 14.2 Å². The maximum Gasteiger partial charge on any atom is 0.215 e. The van der Waals surface area contributed by atoms with Crippen molar-refractivity contribution in [3.05, 3.63) is 17.7 Å². The molecule has 0 radical (unpaired) electrons. The van der Waals surface area contributed by atoms with Gasteiger partial charge in [-0.2, -0.15) is 4.31 Å². The van der Waals surface area contributed by atoms with Crippen molar-refractivity contribution >= 4 is 21.8 Å². The molecule has 0 bridgehead atoms. The third-order valence-corrected chi connectivity index (χ3v) is 7.25. The summed E-state index contributed by atoms with van der Waals surface area (Å²) < 4.78 is 43.1. The van der Waals surface area contributed by atoms with Crippen LogP contribution in [0.25, 0.3) is 0 Å². The van der Waals surface area contributed by atoms with Crippen LogP contribution in [0.4, 0.5) is 0 Å². The molecule has 0 spiro atoms. The summed E-state index contributed by atoms with van der Waals surface area (Å²) in [5.74, 6) is 2.65. The fourth-order valence-electron chi connectivity index (χ4n) is 2.67. The first-order chi connectivity index (χ1) is 11.5. The summed E-state index contributed by atoms with van der Waals surface area (Å²) in [6.07, 6.45) is 1.52. The number of nitrogens with zero attached hydrogens (tertiary/aromatic N) is 1. The molecule has 1 aliphatic heterocycles. The molecule has 1 saturated heterocycles. The Morgan fingerprint density at radius 3 is 2.33 bits per heavy atom. The number of unbranched alkanes of at least 4 members (excludes halogenated alkanes) is 1. The molecule has 1 aliphatic rings. The van der Waals surface area contributed by atoms with Crippen LogP contribution in [0.2, 0.25) is 0 Å². The number of methoxy groups -OCH3 is 3. The first kappa shape index (κ1) is 19.2. The lowest BCUT2D eigenvalue weighted by atomic mass is 10.1. The number of sulfonamides is 1. The van der Waals surface area contributed by atoms with E-state index in [2.05, 4.69) is 0 Å². The molecular weight excluding hydrogens is 350 g/mol. The van der Waals surface area contributed by atoms with E-state index in [0.29, 0.717) is 30.2 Å². The molecule has 0 aliphatic carbocycles. The lowest BCUT2D eigenvalue weighted by Gasteiger charge is -2.25. The lowest BCUT2D eigenvalue weighted by molar-refractivity contribution is 0.344. The predicted octanol–water partition coefficient (Wildman–Crippen LogP) is 2.89. The van der Waals surface area contributed by atoms with Gasteiger partial charge in [-0.1, -0.05) is 13.3 Å². The van der Waals surface area contributed by atoms with E-state index >= 15 is 0 Å². The minimum absolute atomic E-state index is 0.177. The SMILES string of the molecule is CCCCS(=O)(=O)N1CCSC1c1cc(OC)c(OC)cc1OC. The summed E-state index contributed by atoms with van der Waals surface area (Å²) in [6, 6.07) is 3.55. The van der Waals surface area contributed by atoms with Crippen LogP contribution < -0.4 is 14.2 Å². The van der Waals surface area contributed by atoms with E-state index in [0.717, 1.165) is 17.7 Å². The van der Waals surface area contributed by atoms with Crippen LogP contribution >= 0.6 is 11.8 Å². The molecule has 1 unspecified atom stereocenters. The van der Waals surface area contributed by atoms with Gasteiger partial charge in [-0.15, -0.1) is 11.8 Å². The molecule has 0 aromatic heterocycles. The summed E-state index contributed by atoms with van der Waals surface area (Å²) in [5, 5.41) is -0.304. The summed E-state index contributed by atoms with van der Waals surface area (Å²) in [5.41, 5.74) is 0.790. The standard InChI is InChI=1S/C16H25NO5S2/c1-5-6-9-24(18,19)17-7-8-23-16(17)12-10-14(21-3)15(22-4)11-13(12)20-2/h10-11,16H,5-9H2,1-4H3. The average Bonchev–Trinajstić information content (AvgIpc) is 3.09. The molecule has 1 heterocycles. The van der Waals surface area contributed by atoms with Gasteiger partial charge < -0.3 is 14.2 Å². The molecule has 24 heavy (non-hydrogen) atoms. The van der Waals surface area contributed by atoms with Crippen molar-refractivity contribution in [2.24, 2.45) is 0 Å². The monoisotopic (exact) mass is 375 g/mol. The predicted molar refractivity (Wildman–Crippen MR) is 96.7 cm³/mol. The first-order valence-electron chi connectivity index (χ1n) is 7.89. The van der Waals surface area contributed by atoms with Crippen molar-refractivity contribution in [3.63, 3.8) is 0 Å². The molecule has 136 valence electrons. The maximum absolute atomic E-state index is 12.7. The van der Waals surface area contributed by atoms with Gasteiger partial charge >= 0.3 is 0 Å². The number of benzene rings is 1. The Bertz CT molecular complexity index is 663. The highest BCUT2D eigenvalue weighted by molar-refractivity contribution is 8.00. The number of rotatable bonds is 8. The molecule has 2 rings (SSSR count). The van der Waals surface area contributed by atoms with E-state index in [1.807, 2.05) is 13.0 Å². The van der Waals surface area contributed by atoms with Crippen LogP contribution in [0.3, 0.4) is 0 Å². The molecule has 0 saturated carbocycles. The van der Waals surface area contributed by atoms with E-state index in [1.54, 1.807) is 43.5 Å². The number of ether oxygens (including phenoxy) is 3. The number of thioether (sulfide) groups is 1. The minimum atomic E-state index is -3.29. The van der Waals surface area contributed by atoms with E-state index in [9.17, 15) is 8.42 Å². The molecule has 8 heteroatoms. The fourth-order valence-corrected chi connectivity index (χ4v) is 6.19. The van der Waals surface area contributed by atoms with Crippen molar-refractivity contribution in [1.82, 2.24) is 4.31 Å². The number of hydrogen-bond donors (Lipinski definition) is 0. The Hall–Kier alpha value is -1.12. The van der Waals surface area contributed by atoms with Crippen LogP contribution in [0.1, 0.15) is 30.7 Å². The van der Waals surface area contributed by atoms with Gasteiger partial charge in [-0.3, -0.25) is 0 Å². The third kappa shape index (κ3) is 3.92. The van der Waals surface area contributed by atoms with Gasteiger partial charge in [-0.25, -0.2) is 8.42 Å². The molecule has 1 aromatic carbocycles. The van der Waals surface area contributed by atoms with Gasteiger partial charge in [0.25, 0.3) is 0 Å². The maximum atomic E-state index is 12.7. The highest BCUT2D eigenvalue weighted by atomic mass is 32.2. The van der Waals surface area contributed by atoms with Gasteiger partial charge in [-0.05, 0) is 12.5 Å². The van der Waals surface area contributed by atoms with Gasteiger partial charge in [0.05, 0.1) is 32.5 Å². The average molecular weight is 376 g/mol. The van der Waals surface area contributed by atoms with Crippen molar-refractivity contribution in [2.75, 3.05) is 39.4 Å². The van der Waals surface area contributed by atoms with E-state index in [-0.39, 0.29) is 11.1 Å². The molecule has 1 fully saturated rings. The van der Waals surface area contributed by atoms with Gasteiger partial charge in [0.2, 0.25) is 10.0 Å². The Kier molecular flexibility index (Phi) is 6.65. The normalized spacial score (nSPS) is 18.6. The Morgan fingerprint density at radius 2 is 1.75 bits per heavy atom. The molecule has 0 N–H and O–H groups in total. The van der Waals surface area contributed by atoms with Crippen LogP contribution in [-0.2, 0) is 10.0 Å². The molecule has 0 amide bonds. The van der Waals surface area contributed by atoms with Gasteiger partial charge in [0.1, 0.15) is 5.75 Å². The minimum Gasteiger partial charge on any atom is -0.496 e. The summed E-state index contributed by atoms with van der Waals surface area (Å²) >= 11 is 1.60. The Labute approximate surface area is 148 Å². The zero-order chi connectivity index (χ0) is 17.7. The van der Waals surface area contributed by atoms with Gasteiger partial charge in [0.15, 0.2) is 11.5 Å². The summed E-state index contributed by atoms with van der Waals surface area (Å²) in [6.45, 7) is 2.50. The van der Waals surface area contributed by atoms with Crippen molar-refractivity contribution in [1.29, 1.82) is 0 Å². The van der Waals surface area contributed by atoms with E-state index < -0.39 is 10.0 Å². The largest absolute Gasteiger partial charge is 0.496 e. The molecule has 1 atom stereocenters. The quantitative estimate of drug-likeness (QED) is 0.696. The van der Waals surface area contributed by atoms with E-state index in [1.165, 1.54) is 0 Å². The van der Waals surface area contributed by atoms with Crippen molar-refractivity contribution in [3.8, 4) is 17.2 Å². The molecule has 1 aromatic rings. The zero-order valence-corrected chi connectivity index (χ0v) is 16.2. The lowest BCUT2D eigenvalue weighted by Crippen LogP contribution is -2.32. The summed E-state index contributed by atoms with van der Waals surface area (Å²) in [7, 11) is 1.39. The second-order valence-corrected chi connectivity index (χ2v) is 8.68. The Balaban J connectivity index is 2.42. The number of hydrogen-bond acceptors (Lipinski definition) is 6. The van der Waals surface area contributed by atoms with Crippen LogP contribution in [0.5, 0.6) is 17.2 Å². The zero-order valence-electron chi connectivity index (χ0n) is 14.6.